The fourth-order valence-electron chi connectivity index (χ4n) is 1.39. The summed E-state index contributed by atoms with van der Waals surface area (Å²) in [6.45, 7) is 2.06. The van der Waals surface area contributed by atoms with Gasteiger partial charge in [0.15, 0.2) is 0 Å². The van der Waals surface area contributed by atoms with Crippen LogP contribution in [-0.4, -0.2) is 12.0 Å². The van der Waals surface area contributed by atoms with Crippen LogP contribution in [0.2, 0.25) is 5.02 Å². The fourth-order valence-corrected chi connectivity index (χ4v) is 2.55. The highest BCUT2D eigenvalue weighted by molar-refractivity contribution is 7.15. The molecule has 0 radical (unpaired) electrons. The van der Waals surface area contributed by atoms with Crippen molar-refractivity contribution in [3.05, 3.63) is 40.1 Å². The molecule has 2 rings (SSSR count). The number of nitrogens with zero attached hydrogens (tertiary/aromatic N) is 1. The summed E-state index contributed by atoms with van der Waals surface area (Å²) in [6.07, 6.45) is 1.83. The average molecular weight is 271 g/mol. The Morgan fingerprint density at radius 3 is 2.88 bits per heavy atom. The Morgan fingerprint density at radius 1 is 1.47 bits per heavy atom. The molecule has 0 bridgehead atoms. The number of nitrogens with one attached hydrogen (secondary N) is 1. The summed E-state index contributed by atoms with van der Waals surface area (Å²) in [5.74, 6) is -0.407. The first-order chi connectivity index (χ1) is 8.11. The summed E-state index contributed by atoms with van der Waals surface area (Å²) in [6, 6.07) is 4.91. The molecule has 2 aromatic rings. The highest BCUT2D eigenvalue weighted by Crippen LogP contribution is 2.30. The standard InChI is InChI=1S/C12H12ClFN2S/c1-7(15-2)11-6-16-12(17-11)8-3-4-10(14)9(13)5-8/h3-7,15H,1-2H3. The van der Waals surface area contributed by atoms with Gasteiger partial charge in [-0.1, -0.05) is 11.6 Å². The topological polar surface area (TPSA) is 24.9 Å². The Bertz CT molecular complexity index is 527. The zero-order valence-corrected chi connectivity index (χ0v) is 11.1. The van der Waals surface area contributed by atoms with Crippen LogP contribution in [0, 0.1) is 5.82 Å². The number of aromatic nitrogens is 1. The predicted octanol–water partition coefficient (Wildman–Crippen LogP) is 3.88. The second-order valence-corrected chi connectivity index (χ2v) is 5.18. The molecule has 1 heterocycles. The lowest BCUT2D eigenvalue weighted by atomic mass is 10.2. The number of rotatable bonds is 3. The normalized spacial score (nSPS) is 12.7. The van der Waals surface area contributed by atoms with Gasteiger partial charge in [-0.2, -0.15) is 0 Å². The minimum atomic E-state index is -0.407. The van der Waals surface area contributed by atoms with Crippen molar-refractivity contribution in [1.82, 2.24) is 10.3 Å². The lowest BCUT2D eigenvalue weighted by Gasteiger charge is -2.04. The molecule has 1 aromatic heterocycles. The van der Waals surface area contributed by atoms with Gasteiger partial charge in [-0.05, 0) is 32.2 Å². The predicted molar refractivity (Wildman–Crippen MR) is 70.0 cm³/mol. The molecule has 0 aliphatic rings. The third kappa shape index (κ3) is 2.65. The molecule has 90 valence electrons. The third-order valence-electron chi connectivity index (χ3n) is 2.55. The van der Waals surface area contributed by atoms with Crippen LogP contribution >= 0.6 is 22.9 Å². The molecule has 0 aliphatic heterocycles. The zero-order chi connectivity index (χ0) is 12.4. The van der Waals surface area contributed by atoms with Crippen LogP contribution in [0.15, 0.2) is 24.4 Å². The Kier molecular flexibility index (Phi) is 3.76. The van der Waals surface area contributed by atoms with Crippen molar-refractivity contribution in [3.63, 3.8) is 0 Å². The van der Waals surface area contributed by atoms with Gasteiger partial charge in [0.05, 0.1) is 5.02 Å². The third-order valence-corrected chi connectivity index (χ3v) is 4.07. The van der Waals surface area contributed by atoms with Gasteiger partial charge in [-0.25, -0.2) is 9.37 Å². The molecule has 0 fully saturated rings. The van der Waals surface area contributed by atoms with Crippen molar-refractivity contribution in [2.45, 2.75) is 13.0 Å². The minimum absolute atomic E-state index is 0.126. The highest BCUT2D eigenvalue weighted by atomic mass is 35.5. The summed E-state index contributed by atoms with van der Waals surface area (Å²) in [5, 5.41) is 4.13. The molecular formula is C12H12ClFN2S. The first-order valence-corrected chi connectivity index (χ1v) is 6.39. The van der Waals surface area contributed by atoms with Gasteiger partial charge in [0.25, 0.3) is 0 Å². The van der Waals surface area contributed by atoms with Crippen LogP contribution in [0.4, 0.5) is 4.39 Å². The van der Waals surface area contributed by atoms with Crippen molar-refractivity contribution < 1.29 is 4.39 Å². The van der Waals surface area contributed by atoms with E-state index < -0.39 is 5.82 Å². The van der Waals surface area contributed by atoms with Gasteiger partial charge in [0, 0.05) is 22.7 Å². The van der Waals surface area contributed by atoms with Gasteiger partial charge in [0.1, 0.15) is 10.8 Å². The van der Waals surface area contributed by atoms with Crippen molar-refractivity contribution in [2.75, 3.05) is 7.05 Å². The van der Waals surface area contributed by atoms with E-state index in [1.165, 1.54) is 6.07 Å². The second-order valence-electron chi connectivity index (χ2n) is 3.71. The molecule has 0 aliphatic carbocycles. The summed E-state index contributed by atoms with van der Waals surface area (Å²) in [7, 11) is 1.90. The maximum Gasteiger partial charge on any atom is 0.141 e. The maximum atomic E-state index is 13.0. The van der Waals surface area contributed by atoms with Crippen LogP contribution in [0.3, 0.4) is 0 Å². The molecule has 17 heavy (non-hydrogen) atoms. The monoisotopic (exact) mass is 270 g/mol. The molecule has 1 atom stereocenters. The van der Waals surface area contributed by atoms with Crippen molar-refractivity contribution in [1.29, 1.82) is 0 Å². The smallest absolute Gasteiger partial charge is 0.141 e. The first kappa shape index (κ1) is 12.5. The van der Waals surface area contributed by atoms with Gasteiger partial charge >= 0.3 is 0 Å². The molecule has 0 saturated carbocycles. The molecule has 5 heteroatoms. The van der Waals surface area contributed by atoms with Crippen LogP contribution < -0.4 is 5.32 Å². The van der Waals surface area contributed by atoms with Crippen molar-refractivity contribution in [2.24, 2.45) is 0 Å². The molecule has 0 spiro atoms. The Labute approximate surface area is 108 Å². The van der Waals surface area contributed by atoms with E-state index in [2.05, 4.69) is 17.2 Å². The quantitative estimate of drug-likeness (QED) is 0.915. The maximum absolute atomic E-state index is 13.0. The van der Waals surface area contributed by atoms with E-state index in [9.17, 15) is 4.39 Å². The average Bonchev–Trinajstić information content (AvgIpc) is 2.81. The van der Waals surface area contributed by atoms with Gasteiger partial charge in [-0.3, -0.25) is 0 Å². The van der Waals surface area contributed by atoms with Crippen LogP contribution in [0.25, 0.3) is 10.6 Å². The number of benzene rings is 1. The molecule has 1 N–H and O–H groups in total. The van der Waals surface area contributed by atoms with Crippen molar-refractivity contribution >= 4 is 22.9 Å². The molecule has 2 nitrogen and oxygen atoms in total. The SMILES string of the molecule is CNC(C)c1cnc(-c2ccc(F)c(Cl)c2)s1. The summed E-state index contributed by atoms with van der Waals surface area (Å²) < 4.78 is 13.0. The van der Waals surface area contributed by atoms with Gasteiger partial charge < -0.3 is 5.32 Å². The van der Waals surface area contributed by atoms with E-state index >= 15 is 0 Å². The highest BCUT2D eigenvalue weighted by Gasteiger charge is 2.10. The van der Waals surface area contributed by atoms with Crippen LogP contribution in [0.1, 0.15) is 17.8 Å². The molecular weight excluding hydrogens is 259 g/mol. The van der Waals surface area contributed by atoms with Gasteiger partial charge in [-0.15, -0.1) is 11.3 Å². The molecule has 0 saturated heterocycles. The van der Waals surface area contributed by atoms with E-state index in [-0.39, 0.29) is 11.1 Å². The molecule has 1 aromatic carbocycles. The van der Waals surface area contributed by atoms with Crippen molar-refractivity contribution in [3.8, 4) is 10.6 Å². The van der Waals surface area contributed by atoms with Crippen LogP contribution in [0.5, 0.6) is 0 Å². The lowest BCUT2D eigenvalue weighted by molar-refractivity contribution is 0.628. The first-order valence-electron chi connectivity index (χ1n) is 5.20. The summed E-state index contributed by atoms with van der Waals surface area (Å²) >= 11 is 7.33. The number of thiazole rings is 1. The van der Waals surface area contributed by atoms with E-state index in [1.54, 1.807) is 23.5 Å². The van der Waals surface area contributed by atoms with E-state index in [0.29, 0.717) is 0 Å². The summed E-state index contributed by atoms with van der Waals surface area (Å²) in [4.78, 5) is 5.47. The molecule has 1 unspecified atom stereocenters. The Hall–Kier alpha value is -0.970. The van der Waals surface area contributed by atoms with Gasteiger partial charge in [0.2, 0.25) is 0 Å². The number of hydrogen-bond acceptors (Lipinski definition) is 3. The number of halogens is 2. The van der Waals surface area contributed by atoms with Crippen LogP contribution in [-0.2, 0) is 0 Å². The van der Waals surface area contributed by atoms with E-state index in [1.807, 2.05) is 13.2 Å². The largest absolute Gasteiger partial charge is 0.312 e. The fraction of sp³-hybridized carbons (Fsp3) is 0.250. The Morgan fingerprint density at radius 2 is 2.24 bits per heavy atom. The Balaban J connectivity index is 2.33. The van der Waals surface area contributed by atoms with E-state index in [4.69, 9.17) is 11.6 Å². The lowest BCUT2D eigenvalue weighted by Crippen LogP contribution is -2.10. The van der Waals surface area contributed by atoms with E-state index in [0.717, 1.165) is 15.4 Å². The molecule has 0 amide bonds. The minimum Gasteiger partial charge on any atom is -0.312 e. The summed E-state index contributed by atoms with van der Waals surface area (Å²) in [5.41, 5.74) is 0.843. The zero-order valence-electron chi connectivity index (χ0n) is 9.50. The number of hydrogen-bond donors (Lipinski definition) is 1. The second kappa shape index (κ2) is 5.12.